The summed E-state index contributed by atoms with van der Waals surface area (Å²) in [5.74, 6) is -2.43. The number of imidazole rings is 2. The van der Waals surface area contributed by atoms with Crippen molar-refractivity contribution in [2.45, 2.75) is 158 Å². The van der Waals surface area contributed by atoms with Gasteiger partial charge in [-0.3, -0.25) is 14.5 Å². The highest BCUT2D eigenvalue weighted by Crippen LogP contribution is 2.52. The number of anilines is 2. The Morgan fingerprint density at radius 1 is 0.658 bits per heavy atom. The maximum absolute atomic E-state index is 17.1. The van der Waals surface area contributed by atoms with Crippen LogP contribution < -0.4 is 15.1 Å². The third-order valence-corrected chi connectivity index (χ3v) is 18.5. The molecule has 12 atom stereocenters. The van der Waals surface area contributed by atoms with Crippen LogP contribution in [0, 0.1) is 35.1 Å². The van der Waals surface area contributed by atoms with Crippen LogP contribution in [0.5, 0.6) is 0 Å². The predicted octanol–water partition coefficient (Wildman–Crippen LogP) is 9.73. The molecule has 11 rings (SSSR count). The third-order valence-electron chi connectivity index (χ3n) is 18.5. The number of hydrogen-bond acceptors (Lipinski definition) is 11. The van der Waals surface area contributed by atoms with Crippen LogP contribution in [0.4, 0.5) is 38.5 Å². The summed E-state index contributed by atoms with van der Waals surface area (Å²) in [6.45, 7) is 4.32. The van der Waals surface area contributed by atoms with Crippen LogP contribution in [0.15, 0.2) is 36.4 Å². The number of likely N-dealkylation sites (tertiary alicyclic amines) is 2. The number of methoxy groups -OCH3 is 3. The van der Waals surface area contributed by atoms with Gasteiger partial charge in [0.15, 0.2) is 11.6 Å². The largest absolute Gasteiger partial charge is 0.465 e. The minimum Gasteiger partial charge on any atom is -0.465 e. The quantitative estimate of drug-likeness (QED) is 0.0769. The van der Waals surface area contributed by atoms with E-state index in [1.165, 1.54) is 52.6 Å². The molecule has 0 radical (unpaired) electrons. The maximum atomic E-state index is 17.1. The number of rotatable bonds is 14. The Morgan fingerprint density at radius 3 is 1.65 bits per heavy atom. The highest BCUT2D eigenvalue weighted by molar-refractivity contribution is 5.88. The maximum Gasteiger partial charge on any atom is 0.407 e. The minimum atomic E-state index is -1.28. The molecule has 424 valence electrons. The van der Waals surface area contributed by atoms with Gasteiger partial charge in [-0.2, -0.15) is 0 Å². The number of carbonyl (C=O) groups is 4. The number of benzene rings is 3. The second kappa shape index (κ2) is 21.8. The zero-order chi connectivity index (χ0) is 55.7. The number of nitrogens with one attached hydrogen (secondary N) is 3. The molecule has 2 aromatic heterocycles. The highest BCUT2D eigenvalue weighted by Gasteiger charge is 2.52. The molecule has 22 heteroatoms. The van der Waals surface area contributed by atoms with E-state index >= 15 is 17.6 Å². The lowest BCUT2D eigenvalue weighted by Crippen LogP contribution is -2.56. The van der Waals surface area contributed by atoms with E-state index in [4.69, 9.17) is 24.2 Å². The van der Waals surface area contributed by atoms with Crippen molar-refractivity contribution in [1.29, 1.82) is 0 Å². The summed E-state index contributed by atoms with van der Waals surface area (Å²) >= 11 is 0. The molecular weight excluding hydrogens is 1030 g/mol. The van der Waals surface area contributed by atoms with Gasteiger partial charge >= 0.3 is 12.2 Å². The molecule has 2 saturated carbocycles. The van der Waals surface area contributed by atoms with Crippen LogP contribution in [0.3, 0.4) is 0 Å². The first-order valence-electron chi connectivity index (χ1n) is 27.9. The summed E-state index contributed by atoms with van der Waals surface area (Å²) in [7, 11) is 5.45. The number of likely N-dealkylation sites (N-methyl/N-ethyl adjacent to an activating group) is 1. The van der Waals surface area contributed by atoms with Gasteiger partial charge in [-0.05, 0) is 133 Å². The van der Waals surface area contributed by atoms with E-state index < -0.39 is 89.8 Å². The number of carboxylic acid groups (broad SMARTS) is 1. The van der Waals surface area contributed by atoms with E-state index in [0.29, 0.717) is 59.6 Å². The number of carbonyl (C=O) groups excluding carboxylic acids is 3. The highest BCUT2D eigenvalue weighted by atomic mass is 19.1. The Bertz CT molecular complexity index is 3130. The first kappa shape index (κ1) is 54.3. The number of ether oxygens (including phenoxy) is 3. The van der Waals surface area contributed by atoms with Gasteiger partial charge < -0.3 is 54.2 Å². The lowest BCUT2D eigenvalue weighted by atomic mass is 10.0. The van der Waals surface area contributed by atoms with Crippen molar-refractivity contribution in [1.82, 2.24) is 40.0 Å². The average Bonchev–Trinajstić information content (AvgIpc) is 4.48. The van der Waals surface area contributed by atoms with Gasteiger partial charge in [-0.1, -0.05) is 12.8 Å². The van der Waals surface area contributed by atoms with E-state index in [0.717, 1.165) is 62.7 Å². The van der Waals surface area contributed by atoms with Gasteiger partial charge in [-0.15, -0.1) is 0 Å². The van der Waals surface area contributed by atoms with E-state index in [2.05, 4.69) is 15.3 Å². The fraction of sp³-hybridized carbons (Fsp3) is 0.579. The molecule has 0 spiro atoms. The molecule has 3 aromatic carbocycles. The summed E-state index contributed by atoms with van der Waals surface area (Å²) in [6, 6.07) is 3.04. The van der Waals surface area contributed by atoms with Crippen LogP contribution >= 0.6 is 0 Å². The zero-order valence-electron chi connectivity index (χ0n) is 45.4. The van der Waals surface area contributed by atoms with E-state index in [-0.39, 0.29) is 65.2 Å². The van der Waals surface area contributed by atoms with E-state index in [9.17, 15) is 24.3 Å². The lowest BCUT2D eigenvalue weighted by molar-refractivity contribution is -0.144. The number of amides is 4. The Labute approximate surface area is 455 Å². The molecule has 79 heavy (non-hydrogen) atoms. The van der Waals surface area contributed by atoms with Crippen molar-refractivity contribution >= 4 is 57.4 Å². The molecule has 6 aliphatic rings. The zero-order valence-corrected chi connectivity index (χ0v) is 45.4. The van der Waals surface area contributed by atoms with Gasteiger partial charge in [0.05, 0.1) is 65.6 Å². The van der Waals surface area contributed by atoms with Crippen LogP contribution in [0.2, 0.25) is 0 Å². The molecule has 0 bridgehead atoms. The lowest BCUT2D eigenvalue weighted by Gasteiger charge is -2.37. The van der Waals surface area contributed by atoms with Crippen molar-refractivity contribution in [2.24, 2.45) is 11.8 Å². The standard InChI is InChI=1S/C57H70F4N10O8/c1-28(77-4)49(66-56(74)79-6)54(72)70-43-14-10-12-30(43)20-47(70)52-62-39-24-33(35(58)26-41(39)64-52)45-16-17-46(69(45)32-22-37(60)51(38(61)23-32)68-18-8-7-9-19-68)34-25-40-42(27-36(34)59)65-53(63-40)48-21-31-13-11-15-44(31)71(48)55(73)50(29(2)78-5)67(3)57(75)76/h22-31,43-50H,7-21H2,1-6H3,(H,62,64)(H,63,65)(H,66,74)(H,75,76)/t28-,29-,30+,31+,43+,44+,45-,46-,47+,48+,49+,50+/m1/s1. The Balaban J connectivity index is 0.960. The average molecular weight is 1100 g/mol. The number of aromatic nitrogens is 4. The predicted molar refractivity (Wildman–Crippen MR) is 284 cm³/mol. The minimum absolute atomic E-state index is 0.0950. The molecule has 5 aromatic rings. The summed E-state index contributed by atoms with van der Waals surface area (Å²) in [5.41, 5.74) is 1.80. The first-order chi connectivity index (χ1) is 38.0. The number of fused-ring (bicyclic) bond motifs is 4. The fourth-order valence-electron chi connectivity index (χ4n) is 14.5. The monoisotopic (exact) mass is 1100 g/mol. The van der Waals surface area contributed by atoms with Crippen molar-refractivity contribution < 1.29 is 56.1 Å². The van der Waals surface area contributed by atoms with Crippen molar-refractivity contribution in [2.75, 3.05) is 51.3 Å². The molecule has 18 nitrogen and oxygen atoms in total. The number of H-pyrrole nitrogens is 2. The Hall–Kier alpha value is -6.68. The van der Waals surface area contributed by atoms with Gasteiger partial charge in [0.25, 0.3) is 0 Å². The van der Waals surface area contributed by atoms with Gasteiger partial charge in [0.2, 0.25) is 11.8 Å². The summed E-state index contributed by atoms with van der Waals surface area (Å²) < 4.78 is 83.4. The smallest absolute Gasteiger partial charge is 0.407 e. The van der Waals surface area contributed by atoms with Crippen LogP contribution in [-0.2, 0) is 23.8 Å². The van der Waals surface area contributed by atoms with Crippen molar-refractivity contribution in [3.8, 4) is 0 Å². The molecule has 4 N–H and O–H groups in total. The van der Waals surface area contributed by atoms with Crippen LogP contribution in [0.1, 0.15) is 144 Å². The van der Waals surface area contributed by atoms with Crippen molar-refractivity contribution in [3.05, 3.63) is 82.4 Å². The van der Waals surface area contributed by atoms with Crippen molar-refractivity contribution in [3.63, 3.8) is 0 Å². The summed E-state index contributed by atoms with van der Waals surface area (Å²) in [5, 5.41) is 12.7. The van der Waals surface area contributed by atoms with Gasteiger partial charge in [0.1, 0.15) is 41.1 Å². The van der Waals surface area contributed by atoms with E-state index in [1.807, 2.05) is 0 Å². The molecule has 4 aliphatic heterocycles. The number of alkyl carbamates (subject to hydrolysis) is 1. The van der Waals surface area contributed by atoms with Crippen LogP contribution in [0.25, 0.3) is 22.1 Å². The normalized spacial score (nSPS) is 26.4. The topological polar surface area (TPSA) is 202 Å². The molecule has 6 heterocycles. The third kappa shape index (κ3) is 9.66. The van der Waals surface area contributed by atoms with E-state index in [1.54, 1.807) is 45.6 Å². The molecule has 4 amide bonds. The Morgan fingerprint density at radius 2 is 1.16 bits per heavy atom. The summed E-state index contributed by atoms with van der Waals surface area (Å²) in [6.07, 6.45) is 5.75. The molecular formula is C57H70F4N10O8. The number of piperidine rings is 1. The second-order valence-electron chi connectivity index (χ2n) is 22.7. The van der Waals surface area contributed by atoms with Gasteiger partial charge in [0, 0.05) is 63.3 Å². The number of hydrogen-bond donors (Lipinski definition) is 4. The molecule has 2 aliphatic carbocycles. The first-order valence-corrected chi connectivity index (χ1v) is 27.9. The Kier molecular flexibility index (Phi) is 14.9. The fourth-order valence-corrected chi connectivity index (χ4v) is 14.5. The SMILES string of the molecule is COC(=O)N[C@H](C(=O)N1[C@H](c2nc3cc([C@H]4CC[C@H](c5cc6nc([C@@H]7C[C@@H]8CCC[C@@H]8N7C(=O)[C@H]([C@@H](C)OC)N(C)C(=O)O)[nH]c6cc5F)N4c4cc(F)c(N5CCCCC5)c(F)c4)c(F)cc3[nH]2)C[C@@H]2CCC[C@@H]21)[C@@H](C)OC. The van der Waals surface area contributed by atoms with Gasteiger partial charge in [-0.25, -0.2) is 37.1 Å². The molecule has 0 unspecified atom stereocenters. The van der Waals surface area contributed by atoms with Crippen LogP contribution in [-0.4, -0.2) is 142 Å². The number of aromatic amines is 2. The summed E-state index contributed by atoms with van der Waals surface area (Å²) in [4.78, 5) is 78.5. The second-order valence-corrected chi connectivity index (χ2v) is 22.7. The number of halogens is 4. The molecule has 4 saturated heterocycles. The number of nitrogens with zero attached hydrogens (tertiary/aromatic N) is 7. The molecule has 6 fully saturated rings.